The maximum absolute atomic E-state index is 6.09. The van der Waals surface area contributed by atoms with Crippen LogP contribution in [0, 0.1) is 0 Å². The van der Waals surface area contributed by atoms with Gasteiger partial charge in [-0.2, -0.15) is 0 Å². The minimum atomic E-state index is 0.0776. The van der Waals surface area contributed by atoms with Crippen LogP contribution in [0.25, 0.3) is 0 Å². The molecule has 0 bridgehead atoms. The van der Waals surface area contributed by atoms with Crippen molar-refractivity contribution in [3.63, 3.8) is 0 Å². The molecule has 0 aliphatic carbocycles. The van der Waals surface area contributed by atoms with Gasteiger partial charge >= 0.3 is 0 Å². The second kappa shape index (κ2) is 6.25. The lowest BCUT2D eigenvalue weighted by atomic mass is 10.1. The summed E-state index contributed by atoms with van der Waals surface area (Å²) in [5, 5.41) is 4.72. The molecule has 2 rings (SSSR count). The predicted molar refractivity (Wildman–Crippen MR) is 87.1 cm³/mol. The molecule has 0 saturated carbocycles. The van der Waals surface area contributed by atoms with Crippen LogP contribution in [0.3, 0.4) is 0 Å². The van der Waals surface area contributed by atoms with E-state index in [9.17, 15) is 0 Å². The molecule has 1 atom stereocenters. The van der Waals surface area contributed by atoms with Crippen molar-refractivity contribution < 1.29 is 0 Å². The molecule has 1 unspecified atom stereocenters. The average Bonchev–Trinajstić information content (AvgIpc) is 2.58. The van der Waals surface area contributed by atoms with Crippen LogP contribution < -0.4 is 5.32 Å². The molecule has 1 heterocycles. The molecule has 0 amide bonds. The van der Waals surface area contributed by atoms with Gasteiger partial charge in [-0.05, 0) is 52.8 Å². The highest BCUT2D eigenvalue weighted by Gasteiger charge is 2.17. The van der Waals surface area contributed by atoms with Crippen molar-refractivity contribution in [1.82, 2.24) is 5.32 Å². The molecule has 2 aromatic rings. The Morgan fingerprint density at radius 2 is 1.89 bits per heavy atom. The van der Waals surface area contributed by atoms with Gasteiger partial charge in [0.2, 0.25) is 0 Å². The molecular formula is C12H9Br2Cl2NS. The summed E-state index contributed by atoms with van der Waals surface area (Å²) in [4.78, 5) is 1.14. The van der Waals surface area contributed by atoms with E-state index in [1.54, 1.807) is 11.3 Å². The van der Waals surface area contributed by atoms with Gasteiger partial charge in [-0.25, -0.2) is 0 Å². The zero-order valence-corrected chi connectivity index (χ0v) is 14.8. The first-order valence-corrected chi connectivity index (χ1v) is 8.25. The van der Waals surface area contributed by atoms with E-state index in [0.717, 1.165) is 23.7 Å². The van der Waals surface area contributed by atoms with Crippen LogP contribution in [0.2, 0.25) is 10.0 Å². The monoisotopic (exact) mass is 427 g/mol. The summed E-state index contributed by atoms with van der Waals surface area (Å²) >= 11 is 20.7. The maximum Gasteiger partial charge on any atom is 0.0888 e. The molecule has 0 radical (unpaired) electrons. The molecular weight excluding hydrogens is 421 g/mol. The molecule has 0 aliphatic heterocycles. The highest BCUT2D eigenvalue weighted by atomic mass is 79.9. The quantitative estimate of drug-likeness (QED) is 0.641. The third-order valence-electron chi connectivity index (χ3n) is 2.46. The molecule has 1 N–H and O–H groups in total. The Labute approximate surface area is 137 Å². The normalized spacial score (nSPS) is 12.7. The molecule has 96 valence electrons. The second-order valence-corrected chi connectivity index (χ2v) is 7.86. The third kappa shape index (κ3) is 3.30. The lowest BCUT2D eigenvalue weighted by Gasteiger charge is -2.15. The SMILES string of the molecule is CNC(c1cc(Cl)cc(Br)c1)c1cc(Cl)c(Br)s1. The zero-order valence-electron chi connectivity index (χ0n) is 9.31. The lowest BCUT2D eigenvalue weighted by Crippen LogP contribution is -2.16. The van der Waals surface area contributed by atoms with Gasteiger partial charge in [0, 0.05) is 14.4 Å². The number of hydrogen-bond acceptors (Lipinski definition) is 2. The minimum Gasteiger partial charge on any atom is -0.309 e. The van der Waals surface area contributed by atoms with Crippen LogP contribution in [0.5, 0.6) is 0 Å². The van der Waals surface area contributed by atoms with E-state index in [0.29, 0.717) is 5.02 Å². The van der Waals surface area contributed by atoms with Gasteiger partial charge in [-0.15, -0.1) is 11.3 Å². The minimum absolute atomic E-state index is 0.0776. The number of benzene rings is 1. The molecule has 6 heteroatoms. The second-order valence-electron chi connectivity index (χ2n) is 3.69. The highest BCUT2D eigenvalue weighted by molar-refractivity contribution is 9.11. The van der Waals surface area contributed by atoms with Crippen molar-refractivity contribution in [3.8, 4) is 0 Å². The van der Waals surface area contributed by atoms with Crippen molar-refractivity contribution in [3.05, 3.63) is 53.0 Å². The first-order valence-electron chi connectivity index (χ1n) is 5.09. The summed E-state index contributed by atoms with van der Waals surface area (Å²) in [6.45, 7) is 0. The molecule has 1 aromatic carbocycles. The van der Waals surface area contributed by atoms with E-state index in [-0.39, 0.29) is 6.04 Å². The Kier molecular flexibility index (Phi) is 5.14. The van der Waals surface area contributed by atoms with Crippen LogP contribution in [0.1, 0.15) is 16.5 Å². The smallest absolute Gasteiger partial charge is 0.0888 e. The van der Waals surface area contributed by atoms with Gasteiger partial charge in [0.1, 0.15) is 0 Å². The molecule has 0 aliphatic rings. The number of hydrogen-bond donors (Lipinski definition) is 1. The van der Waals surface area contributed by atoms with Crippen LogP contribution in [-0.4, -0.2) is 7.05 Å². The molecule has 18 heavy (non-hydrogen) atoms. The first kappa shape index (κ1) is 14.8. The van der Waals surface area contributed by atoms with Crippen molar-refractivity contribution in [2.75, 3.05) is 7.05 Å². The third-order valence-corrected chi connectivity index (χ3v) is 5.67. The molecule has 0 fully saturated rings. The van der Waals surface area contributed by atoms with Gasteiger partial charge in [-0.3, -0.25) is 0 Å². The van der Waals surface area contributed by atoms with Crippen LogP contribution >= 0.6 is 66.4 Å². The summed E-state index contributed by atoms with van der Waals surface area (Å²) in [6.07, 6.45) is 0. The molecule has 0 saturated heterocycles. The van der Waals surface area contributed by atoms with E-state index in [1.165, 1.54) is 0 Å². The van der Waals surface area contributed by atoms with Crippen molar-refractivity contribution in [2.45, 2.75) is 6.04 Å². The van der Waals surface area contributed by atoms with E-state index >= 15 is 0 Å². The summed E-state index contributed by atoms with van der Waals surface area (Å²) < 4.78 is 1.91. The van der Waals surface area contributed by atoms with Crippen molar-refractivity contribution >= 4 is 66.4 Å². The van der Waals surface area contributed by atoms with E-state index in [4.69, 9.17) is 23.2 Å². The fourth-order valence-electron chi connectivity index (χ4n) is 1.72. The Balaban J connectivity index is 2.44. The molecule has 0 spiro atoms. The van der Waals surface area contributed by atoms with Crippen molar-refractivity contribution in [2.24, 2.45) is 0 Å². The van der Waals surface area contributed by atoms with Gasteiger partial charge in [-0.1, -0.05) is 39.1 Å². The largest absolute Gasteiger partial charge is 0.309 e. The number of nitrogens with one attached hydrogen (secondary N) is 1. The average molecular weight is 430 g/mol. The number of rotatable bonds is 3. The van der Waals surface area contributed by atoms with Crippen LogP contribution in [0.4, 0.5) is 0 Å². The molecule has 1 nitrogen and oxygen atoms in total. The van der Waals surface area contributed by atoms with E-state index in [1.807, 2.05) is 25.2 Å². The summed E-state index contributed by atoms with van der Waals surface area (Å²) in [6, 6.07) is 7.92. The lowest BCUT2D eigenvalue weighted by molar-refractivity contribution is 0.703. The summed E-state index contributed by atoms with van der Waals surface area (Å²) in [5.74, 6) is 0. The van der Waals surface area contributed by atoms with Gasteiger partial charge in [0.15, 0.2) is 0 Å². The van der Waals surface area contributed by atoms with Crippen LogP contribution in [0.15, 0.2) is 32.5 Å². The standard InChI is InChI=1S/C12H9Br2Cl2NS/c1-17-11(10-5-9(16)12(14)18-10)6-2-7(13)4-8(15)3-6/h2-5,11,17H,1H3. The maximum atomic E-state index is 6.09. The van der Waals surface area contributed by atoms with Gasteiger partial charge in [0.05, 0.1) is 14.9 Å². The summed E-state index contributed by atoms with van der Waals surface area (Å²) in [5.41, 5.74) is 1.10. The Morgan fingerprint density at radius 3 is 2.39 bits per heavy atom. The fraction of sp³-hybridized carbons (Fsp3) is 0.167. The Bertz CT molecular complexity index is 531. The predicted octanol–water partition coefficient (Wildman–Crippen LogP) is 5.89. The fourth-order valence-corrected chi connectivity index (χ4v) is 4.49. The number of thiophene rings is 1. The number of halogens is 4. The topological polar surface area (TPSA) is 12.0 Å². The van der Waals surface area contributed by atoms with E-state index < -0.39 is 0 Å². The van der Waals surface area contributed by atoms with Crippen molar-refractivity contribution in [1.29, 1.82) is 0 Å². The highest BCUT2D eigenvalue weighted by Crippen LogP contribution is 2.38. The Hall–Kier alpha value is 0.420. The summed E-state index contributed by atoms with van der Waals surface area (Å²) in [7, 11) is 1.92. The van der Waals surface area contributed by atoms with Crippen LogP contribution in [-0.2, 0) is 0 Å². The van der Waals surface area contributed by atoms with E-state index in [2.05, 4.69) is 43.2 Å². The van der Waals surface area contributed by atoms with Gasteiger partial charge < -0.3 is 5.32 Å². The zero-order chi connectivity index (χ0) is 13.3. The van der Waals surface area contributed by atoms with Gasteiger partial charge in [0.25, 0.3) is 0 Å². The first-order chi connectivity index (χ1) is 8.51. The Morgan fingerprint density at radius 1 is 1.17 bits per heavy atom. The molecule has 1 aromatic heterocycles.